The molecular weight excluding hydrogens is 294 g/mol. The van der Waals surface area contributed by atoms with Gasteiger partial charge in [0.05, 0.1) is 13.2 Å². The van der Waals surface area contributed by atoms with Gasteiger partial charge in [0.15, 0.2) is 0 Å². The van der Waals surface area contributed by atoms with E-state index in [1.165, 1.54) is 12.8 Å². The molecule has 0 spiro atoms. The van der Waals surface area contributed by atoms with Crippen LogP contribution in [0.1, 0.15) is 46.5 Å². The Kier molecular flexibility index (Phi) is 5.23. The number of aromatic nitrogens is 1. The van der Waals surface area contributed by atoms with Crippen molar-refractivity contribution in [3.63, 3.8) is 0 Å². The molecule has 3 rings (SSSR count). The minimum Gasteiger partial charge on any atom is -0.378 e. The lowest BCUT2D eigenvalue weighted by Gasteiger charge is -2.26. The van der Waals surface area contributed by atoms with Gasteiger partial charge in [0.2, 0.25) is 0 Å². The molecule has 6 heteroatoms. The van der Waals surface area contributed by atoms with Crippen molar-refractivity contribution < 1.29 is 14.3 Å². The Labute approximate surface area is 136 Å². The van der Waals surface area contributed by atoms with Crippen molar-refractivity contribution >= 4 is 11.8 Å². The highest BCUT2D eigenvalue weighted by Crippen LogP contribution is 2.14. The fourth-order valence-electron chi connectivity index (χ4n) is 3.07. The van der Waals surface area contributed by atoms with E-state index in [1.807, 2.05) is 4.90 Å². The number of nitrogens with zero attached hydrogens (tertiary/aromatic N) is 3. The number of carbonyl (C=O) groups excluding carboxylic acids is 2. The van der Waals surface area contributed by atoms with Crippen LogP contribution >= 0.6 is 0 Å². The Bertz CT molecular complexity index is 562. The second kappa shape index (κ2) is 7.55. The van der Waals surface area contributed by atoms with Gasteiger partial charge in [-0.25, -0.2) is 0 Å². The van der Waals surface area contributed by atoms with Crippen LogP contribution in [0.5, 0.6) is 0 Å². The molecule has 0 N–H and O–H groups in total. The van der Waals surface area contributed by atoms with Gasteiger partial charge >= 0.3 is 0 Å². The topological polar surface area (TPSA) is 62.7 Å². The number of hydrogen-bond donors (Lipinski definition) is 0. The van der Waals surface area contributed by atoms with E-state index in [9.17, 15) is 9.59 Å². The maximum atomic E-state index is 12.7. The number of rotatable bonds is 2. The summed E-state index contributed by atoms with van der Waals surface area (Å²) < 4.78 is 5.26. The quantitative estimate of drug-likeness (QED) is 0.830. The highest BCUT2D eigenvalue weighted by atomic mass is 16.5. The van der Waals surface area contributed by atoms with Gasteiger partial charge in [-0.05, 0) is 25.0 Å². The van der Waals surface area contributed by atoms with Crippen LogP contribution in [-0.2, 0) is 4.74 Å². The molecule has 0 bridgehead atoms. The predicted octanol–water partition coefficient (Wildman–Crippen LogP) is 1.57. The Morgan fingerprint density at radius 3 is 2.26 bits per heavy atom. The monoisotopic (exact) mass is 317 g/mol. The molecule has 2 amide bonds. The minimum absolute atomic E-state index is 0.00493. The first-order chi connectivity index (χ1) is 11.3. The average Bonchev–Trinajstić information content (AvgIpc) is 2.91. The summed E-state index contributed by atoms with van der Waals surface area (Å²) in [5, 5.41) is 0. The predicted molar refractivity (Wildman–Crippen MR) is 85.3 cm³/mol. The molecule has 0 aromatic carbocycles. The zero-order valence-electron chi connectivity index (χ0n) is 13.4. The Balaban J connectivity index is 1.73. The summed E-state index contributed by atoms with van der Waals surface area (Å²) in [6.45, 7) is 3.85. The van der Waals surface area contributed by atoms with E-state index in [1.54, 1.807) is 23.2 Å². The van der Waals surface area contributed by atoms with Crippen molar-refractivity contribution in [2.45, 2.75) is 25.7 Å². The zero-order valence-corrected chi connectivity index (χ0v) is 13.4. The van der Waals surface area contributed by atoms with Crippen LogP contribution in [0.4, 0.5) is 0 Å². The number of carbonyl (C=O) groups is 2. The second-order valence-electron chi connectivity index (χ2n) is 6.04. The van der Waals surface area contributed by atoms with Crippen LogP contribution in [0.15, 0.2) is 18.3 Å². The van der Waals surface area contributed by atoms with Gasteiger partial charge in [0.1, 0.15) is 5.69 Å². The van der Waals surface area contributed by atoms with Gasteiger partial charge in [0.25, 0.3) is 11.8 Å². The smallest absolute Gasteiger partial charge is 0.272 e. The summed E-state index contributed by atoms with van der Waals surface area (Å²) in [6, 6.07) is 3.33. The summed E-state index contributed by atoms with van der Waals surface area (Å²) in [5.74, 6) is -0.121. The molecule has 3 heterocycles. The standard InChI is InChI=1S/C17H23N3O3/c21-16(19-7-3-1-2-4-8-19)14-5-6-18-15(13-14)17(22)20-9-11-23-12-10-20/h5-6,13H,1-4,7-12H2. The molecule has 2 saturated heterocycles. The normalized spacial score (nSPS) is 19.3. The third-order valence-electron chi connectivity index (χ3n) is 4.42. The fourth-order valence-corrected chi connectivity index (χ4v) is 3.07. The molecule has 0 unspecified atom stereocenters. The second-order valence-corrected chi connectivity index (χ2v) is 6.04. The third kappa shape index (κ3) is 3.88. The summed E-state index contributed by atoms with van der Waals surface area (Å²) in [7, 11) is 0. The van der Waals surface area contributed by atoms with Crippen LogP contribution in [0.25, 0.3) is 0 Å². The van der Waals surface area contributed by atoms with Crippen molar-refractivity contribution in [1.29, 1.82) is 0 Å². The Hall–Kier alpha value is -1.95. The lowest BCUT2D eigenvalue weighted by Crippen LogP contribution is -2.41. The molecule has 0 atom stereocenters. The number of amides is 2. The highest BCUT2D eigenvalue weighted by Gasteiger charge is 2.22. The average molecular weight is 317 g/mol. The van der Waals surface area contributed by atoms with Crippen LogP contribution < -0.4 is 0 Å². The summed E-state index contributed by atoms with van der Waals surface area (Å²) in [6.07, 6.45) is 6.02. The first kappa shape index (κ1) is 15.9. The molecule has 2 aliphatic heterocycles. The van der Waals surface area contributed by atoms with Crippen molar-refractivity contribution in [3.8, 4) is 0 Å². The fraction of sp³-hybridized carbons (Fsp3) is 0.588. The highest BCUT2D eigenvalue weighted by molar-refractivity contribution is 5.98. The lowest BCUT2D eigenvalue weighted by molar-refractivity contribution is 0.0299. The first-order valence-electron chi connectivity index (χ1n) is 8.38. The number of ether oxygens (including phenoxy) is 1. The van der Waals surface area contributed by atoms with Crippen molar-refractivity contribution in [2.75, 3.05) is 39.4 Å². The molecule has 0 saturated carbocycles. The van der Waals surface area contributed by atoms with Crippen LogP contribution in [0.3, 0.4) is 0 Å². The van der Waals surface area contributed by atoms with Gasteiger partial charge < -0.3 is 14.5 Å². The summed E-state index contributed by atoms with van der Waals surface area (Å²) in [5.41, 5.74) is 0.895. The maximum absolute atomic E-state index is 12.7. The van der Waals surface area contributed by atoms with E-state index in [0.717, 1.165) is 25.9 Å². The largest absolute Gasteiger partial charge is 0.378 e. The van der Waals surface area contributed by atoms with Crippen molar-refractivity contribution in [3.05, 3.63) is 29.6 Å². The molecular formula is C17H23N3O3. The van der Waals surface area contributed by atoms with E-state index < -0.39 is 0 Å². The van der Waals surface area contributed by atoms with Gasteiger partial charge in [-0.1, -0.05) is 12.8 Å². The first-order valence-corrected chi connectivity index (χ1v) is 8.38. The van der Waals surface area contributed by atoms with Gasteiger partial charge in [-0.3, -0.25) is 14.6 Å². The molecule has 23 heavy (non-hydrogen) atoms. The van der Waals surface area contributed by atoms with Crippen LogP contribution in [0.2, 0.25) is 0 Å². The van der Waals surface area contributed by atoms with E-state index in [-0.39, 0.29) is 11.8 Å². The molecule has 0 radical (unpaired) electrons. The van der Waals surface area contributed by atoms with Gasteiger partial charge in [-0.15, -0.1) is 0 Å². The molecule has 124 valence electrons. The number of hydrogen-bond acceptors (Lipinski definition) is 4. The molecule has 2 fully saturated rings. The Morgan fingerprint density at radius 2 is 1.57 bits per heavy atom. The van der Waals surface area contributed by atoms with E-state index >= 15 is 0 Å². The lowest BCUT2D eigenvalue weighted by atomic mass is 10.1. The van der Waals surface area contributed by atoms with Crippen molar-refractivity contribution in [1.82, 2.24) is 14.8 Å². The minimum atomic E-state index is -0.126. The molecule has 2 aliphatic rings. The SMILES string of the molecule is O=C(c1ccnc(C(=O)N2CCOCC2)c1)N1CCCCCC1. The summed E-state index contributed by atoms with van der Waals surface area (Å²) in [4.78, 5) is 32.9. The molecule has 0 aliphatic carbocycles. The van der Waals surface area contributed by atoms with E-state index in [4.69, 9.17) is 4.74 Å². The maximum Gasteiger partial charge on any atom is 0.272 e. The summed E-state index contributed by atoms with van der Waals surface area (Å²) >= 11 is 0. The number of morpholine rings is 1. The number of likely N-dealkylation sites (tertiary alicyclic amines) is 1. The molecule has 1 aromatic heterocycles. The van der Waals surface area contributed by atoms with E-state index in [0.29, 0.717) is 37.6 Å². The zero-order chi connectivity index (χ0) is 16.1. The van der Waals surface area contributed by atoms with Crippen molar-refractivity contribution in [2.24, 2.45) is 0 Å². The van der Waals surface area contributed by atoms with Gasteiger partial charge in [0, 0.05) is 37.9 Å². The van der Waals surface area contributed by atoms with E-state index in [2.05, 4.69) is 4.98 Å². The molecule has 1 aromatic rings. The molecule has 6 nitrogen and oxygen atoms in total. The third-order valence-corrected chi connectivity index (χ3v) is 4.42. The van der Waals surface area contributed by atoms with Gasteiger partial charge in [-0.2, -0.15) is 0 Å². The van der Waals surface area contributed by atoms with Crippen LogP contribution in [0, 0.1) is 0 Å². The number of pyridine rings is 1. The Morgan fingerprint density at radius 1 is 0.913 bits per heavy atom. The van der Waals surface area contributed by atoms with Crippen LogP contribution in [-0.4, -0.2) is 66.0 Å².